The Morgan fingerprint density at radius 1 is 0.867 bits per heavy atom. The summed E-state index contributed by atoms with van der Waals surface area (Å²) < 4.78 is 34.0. The molecule has 9 heteroatoms. The van der Waals surface area contributed by atoms with Crippen LogP contribution >= 0.6 is 19.4 Å². The van der Waals surface area contributed by atoms with E-state index in [-0.39, 0.29) is 19.8 Å². The van der Waals surface area contributed by atoms with Crippen LogP contribution in [-0.2, 0) is 36.1 Å². The van der Waals surface area contributed by atoms with Crippen LogP contribution in [0.2, 0.25) is 0 Å². The lowest BCUT2D eigenvalue weighted by atomic mass is 10.2. The molecule has 1 unspecified atom stereocenters. The molecular formula is C21H26ClO7P. The van der Waals surface area contributed by atoms with E-state index in [9.17, 15) is 9.36 Å². The van der Waals surface area contributed by atoms with E-state index in [1.54, 1.807) is 0 Å². The molecule has 0 aliphatic rings. The summed E-state index contributed by atoms with van der Waals surface area (Å²) in [5.74, 6) is 0. The van der Waals surface area contributed by atoms with E-state index < -0.39 is 19.5 Å². The summed E-state index contributed by atoms with van der Waals surface area (Å²) >= 11 is 5.74. The van der Waals surface area contributed by atoms with Crippen LogP contribution in [0.3, 0.4) is 0 Å². The minimum absolute atomic E-state index is 0.105. The van der Waals surface area contributed by atoms with Crippen molar-refractivity contribution < 1.29 is 32.8 Å². The van der Waals surface area contributed by atoms with Gasteiger partial charge >= 0.3 is 14.0 Å². The average molecular weight is 457 g/mol. The normalized spacial score (nSPS) is 12.4. The number of phosphoric ester groups is 1. The van der Waals surface area contributed by atoms with Crippen molar-refractivity contribution in [2.24, 2.45) is 0 Å². The molecule has 0 spiro atoms. The second-order valence-electron chi connectivity index (χ2n) is 6.44. The van der Waals surface area contributed by atoms with Crippen LogP contribution in [0.5, 0.6) is 0 Å². The van der Waals surface area contributed by atoms with E-state index in [2.05, 4.69) is 4.74 Å². The zero-order valence-electron chi connectivity index (χ0n) is 16.5. The second-order valence-corrected chi connectivity index (χ2v) is 8.60. The first-order valence-corrected chi connectivity index (χ1v) is 11.5. The van der Waals surface area contributed by atoms with Crippen molar-refractivity contribution in [3.05, 3.63) is 71.8 Å². The standard InChI is InChI=1S/C21H26ClO7P/c22-20(29-21(23)24)14-8-3-9-15-26-30(25,27-16-18-10-4-1-5-11-18)28-17-19-12-6-2-7-13-19/h1-2,4-7,10-13,20H,3,8-9,14-17H2,(H,23,24). The van der Waals surface area contributed by atoms with Crippen molar-refractivity contribution in [3.8, 4) is 0 Å². The molecule has 7 nitrogen and oxygen atoms in total. The molecule has 0 bridgehead atoms. The number of ether oxygens (including phenoxy) is 1. The number of unbranched alkanes of at least 4 members (excludes halogenated alkanes) is 2. The predicted molar refractivity (Wildman–Crippen MR) is 113 cm³/mol. The van der Waals surface area contributed by atoms with Crippen molar-refractivity contribution in [1.29, 1.82) is 0 Å². The van der Waals surface area contributed by atoms with Gasteiger partial charge in [-0.15, -0.1) is 0 Å². The third-order valence-electron chi connectivity index (χ3n) is 4.02. The molecule has 2 rings (SSSR count). The first-order chi connectivity index (χ1) is 14.5. The molecule has 2 aromatic rings. The van der Waals surface area contributed by atoms with Crippen molar-refractivity contribution in [2.75, 3.05) is 6.61 Å². The molecule has 30 heavy (non-hydrogen) atoms. The first-order valence-electron chi connectivity index (χ1n) is 9.62. The van der Waals surface area contributed by atoms with Crippen LogP contribution in [0.1, 0.15) is 36.8 Å². The Labute approximate surface area is 181 Å². The highest BCUT2D eigenvalue weighted by atomic mass is 35.5. The lowest BCUT2D eigenvalue weighted by Crippen LogP contribution is -2.10. The number of carbonyl (C=O) groups is 1. The fourth-order valence-electron chi connectivity index (χ4n) is 2.50. The van der Waals surface area contributed by atoms with E-state index in [4.69, 9.17) is 30.3 Å². The molecule has 0 fully saturated rings. The smallest absolute Gasteiger partial charge is 0.450 e. The molecule has 1 N–H and O–H groups in total. The molecule has 0 radical (unpaired) electrons. The Bertz CT molecular complexity index is 741. The zero-order valence-corrected chi connectivity index (χ0v) is 18.2. The maximum absolute atomic E-state index is 13.0. The van der Waals surface area contributed by atoms with Crippen LogP contribution in [0.25, 0.3) is 0 Å². The van der Waals surface area contributed by atoms with Crippen molar-refractivity contribution >= 4 is 25.6 Å². The summed E-state index contributed by atoms with van der Waals surface area (Å²) in [6, 6.07) is 18.7. The summed E-state index contributed by atoms with van der Waals surface area (Å²) in [6.07, 6.45) is 0.921. The SMILES string of the molecule is O=C(O)OC(Cl)CCCCCOP(=O)(OCc1ccccc1)OCc1ccccc1. The molecular weight excluding hydrogens is 431 g/mol. The lowest BCUT2D eigenvalue weighted by molar-refractivity contribution is 0.0758. The fourth-order valence-corrected chi connectivity index (χ4v) is 3.92. The van der Waals surface area contributed by atoms with Crippen molar-refractivity contribution in [3.63, 3.8) is 0 Å². The molecule has 0 amide bonds. The molecule has 0 aliphatic heterocycles. The van der Waals surface area contributed by atoms with E-state index in [0.717, 1.165) is 11.1 Å². The monoisotopic (exact) mass is 456 g/mol. The number of hydrogen-bond acceptors (Lipinski definition) is 6. The van der Waals surface area contributed by atoms with E-state index in [1.165, 1.54) is 0 Å². The highest BCUT2D eigenvalue weighted by molar-refractivity contribution is 7.48. The van der Waals surface area contributed by atoms with Gasteiger partial charge in [-0.3, -0.25) is 13.6 Å². The van der Waals surface area contributed by atoms with Gasteiger partial charge in [0.1, 0.15) is 0 Å². The highest BCUT2D eigenvalue weighted by Gasteiger charge is 2.27. The summed E-state index contributed by atoms with van der Waals surface area (Å²) in [5, 5.41) is 8.49. The van der Waals surface area contributed by atoms with Crippen LogP contribution in [-0.4, -0.2) is 23.4 Å². The molecule has 0 aliphatic carbocycles. The van der Waals surface area contributed by atoms with E-state index >= 15 is 0 Å². The van der Waals surface area contributed by atoms with Crippen LogP contribution in [0.4, 0.5) is 4.79 Å². The van der Waals surface area contributed by atoms with Gasteiger partial charge in [0.05, 0.1) is 19.8 Å². The second kappa shape index (κ2) is 13.4. The Morgan fingerprint density at radius 3 is 1.90 bits per heavy atom. The van der Waals surface area contributed by atoms with Gasteiger partial charge in [-0.05, 0) is 30.4 Å². The lowest BCUT2D eigenvalue weighted by Gasteiger charge is -2.18. The number of alkyl halides is 1. The average Bonchev–Trinajstić information content (AvgIpc) is 2.74. The van der Waals surface area contributed by atoms with Crippen LogP contribution in [0, 0.1) is 0 Å². The maximum atomic E-state index is 13.0. The molecule has 1 atom stereocenters. The van der Waals surface area contributed by atoms with Crippen molar-refractivity contribution in [2.45, 2.75) is 44.5 Å². The Kier molecular flexibility index (Phi) is 10.9. The van der Waals surface area contributed by atoms with Gasteiger partial charge in [-0.1, -0.05) is 78.7 Å². The number of halogens is 1. The van der Waals surface area contributed by atoms with E-state index in [0.29, 0.717) is 25.7 Å². The van der Waals surface area contributed by atoms with Gasteiger partial charge in [0.25, 0.3) is 0 Å². The first kappa shape index (κ1) is 24.4. The number of carboxylic acid groups (broad SMARTS) is 1. The molecule has 164 valence electrons. The molecule has 0 heterocycles. The predicted octanol–water partition coefficient (Wildman–Crippen LogP) is 6.36. The summed E-state index contributed by atoms with van der Waals surface area (Å²) in [5.41, 5.74) is 0.838. The largest absolute Gasteiger partial charge is 0.507 e. The highest BCUT2D eigenvalue weighted by Crippen LogP contribution is 2.51. The topological polar surface area (TPSA) is 91.3 Å². The van der Waals surface area contributed by atoms with Gasteiger partial charge in [0, 0.05) is 0 Å². The Morgan fingerprint density at radius 2 is 1.40 bits per heavy atom. The Balaban J connectivity index is 1.79. The van der Waals surface area contributed by atoms with Crippen LogP contribution < -0.4 is 0 Å². The number of hydrogen-bond donors (Lipinski definition) is 1. The third-order valence-corrected chi connectivity index (χ3v) is 5.71. The maximum Gasteiger partial charge on any atom is 0.507 e. The minimum Gasteiger partial charge on any atom is -0.450 e. The summed E-state index contributed by atoms with van der Waals surface area (Å²) in [6.45, 7) is 0.383. The molecule has 2 aromatic carbocycles. The summed E-state index contributed by atoms with van der Waals surface area (Å²) in [4.78, 5) is 10.4. The molecule has 0 saturated heterocycles. The van der Waals surface area contributed by atoms with Gasteiger partial charge < -0.3 is 9.84 Å². The van der Waals surface area contributed by atoms with Gasteiger partial charge in [0.2, 0.25) is 0 Å². The van der Waals surface area contributed by atoms with Gasteiger partial charge in [-0.2, -0.15) is 0 Å². The number of phosphoric acid groups is 1. The van der Waals surface area contributed by atoms with Gasteiger partial charge in [0.15, 0.2) is 5.56 Å². The number of rotatable bonds is 14. The fraction of sp³-hybridized carbons (Fsp3) is 0.381. The van der Waals surface area contributed by atoms with Gasteiger partial charge in [-0.25, -0.2) is 9.36 Å². The third kappa shape index (κ3) is 10.2. The molecule has 0 saturated carbocycles. The number of benzene rings is 2. The van der Waals surface area contributed by atoms with Crippen molar-refractivity contribution in [1.82, 2.24) is 0 Å². The van der Waals surface area contributed by atoms with E-state index in [1.807, 2.05) is 60.7 Å². The Hall–Kier alpha value is -1.89. The zero-order chi connectivity index (χ0) is 21.7. The molecule has 0 aromatic heterocycles. The summed E-state index contributed by atoms with van der Waals surface area (Å²) in [7, 11) is -3.77. The minimum atomic E-state index is -3.77. The quantitative estimate of drug-likeness (QED) is 0.153. The van der Waals surface area contributed by atoms with Crippen LogP contribution in [0.15, 0.2) is 60.7 Å².